The molecule has 0 saturated heterocycles. The molecule has 0 aliphatic heterocycles. The van der Waals surface area contributed by atoms with Crippen molar-refractivity contribution in [3.63, 3.8) is 0 Å². The molecule has 1 aromatic rings. The summed E-state index contributed by atoms with van der Waals surface area (Å²) in [4.78, 5) is 0.416. The summed E-state index contributed by atoms with van der Waals surface area (Å²) in [5.74, 6) is 0.727. The highest BCUT2D eigenvalue weighted by Crippen LogP contribution is 2.37. The minimum atomic E-state index is -3.35. The predicted molar refractivity (Wildman–Crippen MR) is 90.1 cm³/mol. The zero-order valence-electron chi connectivity index (χ0n) is 12.8. The van der Waals surface area contributed by atoms with Gasteiger partial charge in [-0.25, -0.2) is 8.42 Å². The van der Waals surface area contributed by atoms with Gasteiger partial charge in [0.1, 0.15) is 0 Å². The highest BCUT2D eigenvalue weighted by atomic mass is 79.9. The standard InChI is InChI=1S/C16H24BrNO2S/c1-4-18-14-10-11(2)9-12(3)16(14)21(19,20)15-8-6-5-7-13(15)17/h5-8,11-12,14,16,18H,4,9-10H2,1-3H3. The van der Waals surface area contributed by atoms with Crippen LogP contribution in [0.4, 0.5) is 0 Å². The van der Waals surface area contributed by atoms with Crippen LogP contribution in [0.15, 0.2) is 33.6 Å². The Hall–Kier alpha value is -0.390. The molecule has 0 heterocycles. The Bertz CT molecular complexity index is 588. The molecule has 1 aliphatic rings. The fourth-order valence-electron chi connectivity index (χ4n) is 3.64. The van der Waals surface area contributed by atoms with Crippen LogP contribution >= 0.6 is 15.9 Å². The highest BCUT2D eigenvalue weighted by Gasteiger charge is 2.43. The van der Waals surface area contributed by atoms with Crippen LogP contribution in [0.1, 0.15) is 33.6 Å². The SMILES string of the molecule is CCNC1CC(C)CC(C)C1S(=O)(=O)c1ccccc1Br. The zero-order valence-corrected chi connectivity index (χ0v) is 15.2. The molecule has 1 aliphatic carbocycles. The Morgan fingerprint density at radius 3 is 2.52 bits per heavy atom. The molecule has 4 unspecified atom stereocenters. The lowest BCUT2D eigenvalue weighted by Crippen LogP contribution is -2.51. The van der Waals surface area contributed by atoms with Crippen LogP contribution in [0.2, 0.25) is 0 Å². The van der Waals surface area contributed by atoms with Crippen LogP contribution < -0.4 is 5.32 Å². The van der Waals surface area contributed by atoms with E-state index < -0.39 is 9.84 Å². The van der Waals surface area contributed by atoms with Crippen molar-refractivity contribution < 1.29 is 8.42 Å². The average Bonchev–Trinajstić information content (AvgIpc) is 2.38. The lowest BCUT2D eigenvalue weighted by atomic mass is 9.80. The van der Waals surface area contributed by atoms with Gasteiger partial charge in [-0.1, -0.05) is 32.9 Å². The fraction of sp³-hybridized carbons (Fsp3) is 0.625. The number of sulfone groups is 1. The van der Waals surface area contributed by atoms with Crippen molar-refractivity contribution in [2.24, 2.45) is 11.8 Å². The van der Waals surface area contributed by atoms with Gasteiger partial charge in [-0.2, -0.15) is 0 Å². The first kappa shape index (κ1) is 17.0. The van der Waals surface area contributed by atoms with Crippen molar-refractivity contribution in [2.75, 3.05) is 6.54 Å². The lowest BCUT2D eigenvalue weighted by molar-refractivity contribution is 0.244. The van der Waals surface area contributed by atoms with Gasteiger partial charge in [-0.15, -0.1) is 0 Å². The molecule has 0 spiro atoms. The third-order valence-electron chi connectivity index (χ3n) is 4.36. The number of rotatable bonds is 4. The van der Waals surface area contributed by atoms with Crippen LogP contribution in [0, 0.1) is 11.8 Å². The van der Waals surface area contributed by atoms with Crippen LogP contribution in [0.25, 0.3) is 0 Å². The zero-order chi connectivity index (χ0) is 15.6. The maximum absolute atomic E-state index is 13.1. The molecule has 118 valence electrons. The van der Waals surface area contributed by atoms with E-state index in [1.165, 1.54) is 0 Å². The number of hydrogen-bond donors (Lipinski definition) is 1. The van der Waals surface area contributed by atoms with Crippen LogP contribution in [-0.2, 0) is 9.84 Å². The molecule has 1 saturated carbocycles. The Morgan fingerprint density at radius 1 is 1.24 bits per heavy atom. The van der Waals surface area contributed by atoms with E-state index in [2.05, 4.69) is 35.1 Å². The minimum absolute atomic E-state index is 0.0332. The van der Waals surface area contributed by atoms with Gasteiger partial charge >= 0.3 is 0 Å². The number of hydrogen-bond acceptors (Lipinski definition) is 3. The maximum atomic E-state index is 13.1. The van der Waals surface area contributed by atoms with Gasteiger partial charge < -0.3 is 5.32 Å². The lowest BCUT2D eigenvalue weighted by Gasteiger charge is -2.39. The van der Waals surface area contributed by atoms with E-state index in [1.54, 1.807) is 18.2 Å². The topological polar surface area (TPSA) is 46.2 Å². The second-order valence-electron chi connectivity index (χ2n) is 6.16. The van der Waals surface area contributed by atoms with Gasteiger partial charge in [-0.05, 0) is 59.3 Å². The Morgan fingerprint density at radius 2 is 1.90 bits per heavy atom. The Kier molecular flexibility index (Phi) is 5.49. The molecule has 0 amide bonds. The van der Waals surface area contributed by atoms with Crippen molar-refractivity contribution in [3.05, 3.63) is 28.7 Å². The summed E-state index contributed by atoms with van der Waals surface area (Å²) in [5, 5.41) is 3.04. The second-order valence-corrected chi connectivity index (χ2v) is 9.09. The third kappa shape index (κ3) is 3.51. The van der Waals surface area contributed by atoms with Crippen molar-refractivity contribution in [2.45, 2.75) is 49.8 Å². The molecule has 4 atom stereocenters. The van der Waals surface area contributed by atoms with Gasteiger partial charge in [-0.3, -0.25) is 0 Å². The van der Waals surface area contributed by atoms with E-state index in [4.69, 9.17) is 0 Å². The summed E-state index contributed by atoms with van der Waals surface area (Å²) in [7, 11) is -3.35. The van der Waals surface area contributed by atoms with Crippen molar-refractivity contribution in [3.8, 4) is 0 Å². The second kappa shape index (κ2) is 6.80. The molecule has 0 bridgehead atoms. The van der Waals surface area contributed by atoms with Crippen LogP contribution in [0.5, 0.6) is 0 Å². The van der Waals surface area contributed by atoms with Gasteiger partial charge in [0, 0.05) is 10.5 Å². The monoisotopic (exact) mass is 373 g/mol. The quantitative estimate of drug-likeness (QED) is 0.875. The minimum Gasteiger partial charge on any atom is -0.313 e. The van der Waals surface area contributed by atoms with Gasteiger partial charge in [0.05, 0.1) is 10.1 Å². The van der Waals surface area contributed by atoms with Gasteiger partial charge in [0.15, 0.2) is 9.84 Å². The first-order valence-corrected chi connectivity index (χ1v) is 9.93. The molecule has 1 N–H and O–H groups in total. The molecule has 3 nitrogen and oxygen atoms in total. The summed E-state index contributed by atoms with van der Waals surface area (Å²) >= 11 is 3.39. The predicted octanol–water partition coefficient (Wildman–Crippen LogP) is 3.64. The number of benzene rings is 1. The molecule has 2 rings (SSSR count). The number of nitrogens with one attached hydrogen (secondary N) is 1. The largest absolute Gasteiger partial charge is 0.313 e. The van der Waals surface area contributed by atoms with Crippen molar-refractivity contribution in [1.29, 1.82) is 0 Å². The molecule has 0 radical (unpaired) electrons. The van der Waals surface area contributed by atoms with Crippen molar-refractivity contribution >= 4 is 25.8 Å². The molecule has 1 fully saturated rings. The van der Waals surface area contributed by atoms with Crippen LogP contribution in [0.3, 0.4) is 0 Å². The summed E-state index contributed by atoms with van der Waals surface area (Å²) in [6.07, 6.45) is 1.89. The maximum Gasteiger partial charge on any atom is 0.184 e. The number of halogens is 1. The van der Waals surface area contributed by atoms with E-state index in [9.17, 15) is 8.42 Å². The summed E-state index contributed by atoms with van der Waals surface area (Å²) < 4.78 is 26.9. The molecule has 0 aromatic heterocycles. The van der Waals surface area contributed by atoms with Crippen LogP contribution in [-0.4, -0.2) is 26.3 Å². The normalized spacial score (nSPS) is 30.3. The average molecular weight is 374 g/mol. The molecule has 5 heteroatoms. The van der Waals surface area contributed by atoms with E-state index in [0.29, 0.717) is 15.3 Å². The fourth-order valence-corrected chi connectivity index (χ4v) is 6.86. The van der Waals surface area contributed by atoms with E-state index in [0.717, 1.165) is 19.4 Å². The molecule has 21 heavy (non-hydrogen) atoms. The summed E-state index contributed by atoms with van der Waals surface area (Å²) in [6.45, 7) is 7.11. The van der Waals surface area contributed by atoms with Gasteiger partial charge in [0.2, 0.25) is 0 Å². The van der Waals surface area contributed by atoms with E-state index >= 15 is 0 Å². The first-order valence-electron chi connectivity index (χ1n) is 7.59. The molecular weight excluding hydrogens is 350 g/mol. The van der Waals surface area contributed by atoms with E-state index in [-0.39, 0.29) is 17.2 Å². The summed E-state index contributed by atoms with van der Waals surface area (Å²) in [6, 6.07) is 7.16. The molecule has 1 aromatic carbocycles. The van der Waals surface area contributed by atoms with Gasteiger partial charge in [0.25, 0.3) is 0 Å². The third-order valence-corrected chi connectivity index (χ3v) is 7.79. The Balaban J connectivity index is 2.43. The highest BCUT2D eigenvalue weighted by molar-refractivity contribution is 9.10. The first-order chi connectivity index (χ1) is 9.87. The van der Waals surface area contributed by atoms with E-state index in [1.807, 2.05) is 13.0 Å². The summed E-state index contributed by atoms with van der Waals surface area (Å²) in [5.41, 5.74) is 0. The molecular formula is C16H24BrNO2S. The smallest absolute Gasteiger partial charge is 0.184 e. The Labute approximate surface area is 136 Å². The van der Waals surface area contributed by atoms with Crippen molar-refractivity contribution in [1.82, 2.24) is 5.32 Å².